The Labute approximate surface area is 200 Å². The van der Waals surface area contributed by atoms with Crippen LogP contribution in [0.5, 0.6) is 0 Å². The zero-order valence-electron chi connectivity index (χ0n) is 17.3. The zero-order chi connectivity index (χ0) is 22.5. The molecular weight excluding hydrogens is 463 g/mol. The number of benzene rings is 3. The quantitative estimate of drug-likeness (QED) is 0.322. The summed E-state index contributed by atoms with van der Waals surface area (Å²) in [6.45, 7) is 2.58. The van der Waals surface area contributed by atoms with Crippen molar-refractivity contribution in [1.29, 1.82) is 0 Å². The first kappa shape index (κ1) is 22.4. The van der Waals surface area contributed by atoms with Crippen LogP contribution >= 0.6 is 35.0 Å². The van der Waals surface area contributed by atoms with Crippen molar-refractivity contribution in [2.75, 3.05) is 5.32 Å². The van der Waals surface area contributed by atoms with E-state index in [9.17, 15) is 4.79 Å². The molecule has 1 aromatic heterocycles. The third kappa shape index (κ3) is 5.51. The normalized spacial score (nSPS) is 10.8. The molecule has 0 saturated heterocycles. The first-order valence-corrected chi connectivity index (χ1v) is 11.6. The molecule has 0 unspecified atom stereocenters. The molecule has 0 radical (unpaired) electrons. The van der Waals surface area contributed by atoms with Crippen LogP contribution in [-0.4, -0.2) is 20.7 Å². The van der Waals surface area contributed by atoms with E-state index in [1.54, 1.807) is 4.68 Å². The molecule has 0 fully saturated rings. The van der Waals surface area contributed by atoms with E-state index in [1.807, 2.05) is 72.8 Å². The second kappa shape index (κ2) is 10.2. The van der Waals surface area contributed by atoms with Crippen LogP contribution in [0, 0.1) is 0 Å². The number of aryl methyl sites for hydroxylation is 1. The van der Waals surface area contributed by atoms with E-state index in [4.69, 9.17) is 23.2 Å². The first-order valence-electron chi connectivity index (χ1n) is 10.0. The second-order valence-corrected chi connectivity index (χ2v) is 8.83. The number of nitrogens with zero attached hydrogens (tertiary/aromatic N) is 3. The maximum atomic E-state index is 12.8. The van der Waals surface area contributed by atoms with Crippen molar-refractivity contribution in [3.8, 4) is 0 Å². The Morgan fingerprint density at radius 2 is 1.66 bits per heavy atom. The van der Waals surface area contributed by atoms with E-state index in [0.717, 1.165) is 16.9 Å². The monoisotopic (exact) mass is 482 g/mol. The lowest BCUT2D eigenvalue weighted by Gasteiger charge is -2.11. The summed E-state index contributed by atoms with van der Waals surface area (Å²) < 4.78 is 1.73. The van der Waals surface area contributed by atoms with Crippen LogP contribution in [0.3, 0.4) is 0 Å². The van der Waals surface area contributed by atoms with Gasteiger partial charge >= 0.3 is 0 Å². The molecular formula is C24H20Cl2N4OS. The van der Waals surface area contributed by atoms with Crippen molar-refractivity contribution in [3.05, 3.63) is 99.8 Å². The Morgan fingerprint density at radius 1 is 0.969 bits per heavy atom. The number of amides is 1. The largest absolute Gasteiger partial charge is 0.321 e. The summed E-state index contributed by atoms with van der Waals surface area (Å²) in [5.74, 6) is -0.165. The molecule has 0 spiro atoms. The van der Waals surface area contributed by atoms with Crippen LogP contribution < -0.4 is 5.32 Å². The summed E-state index contributed by atoms with van der Waals surface area (Å²) in [6.07, 6.45) is 0.931. The number of anilines is 1. The average molecular weight is 483 g/mol. The number of rotatable bonds is 7. The van der Waals surface area contributed by atoms with Gasteiger partial charge in [-0.15, -0.1) is 5.10 Å². The van der Waals surface area contributed by atoms with E-state index in [-0.39, 0.29) is 11.2 Å². The second-order valence-electron chi connectivity index (χ2n) is 7.05. The number of hydrogen-bond donors (Lipinski definition) is 1. The summed E-state index contributed by atoms with van der Waals surface area (Å²) in [6, 6.07) is 22.7. The molecule has 0 aliphatic rings. The standard InChI is InChI=1S/C24H20Cl2N4OS/c1-2-16-7-11-18(12-8-16)22(31)27-20-5-3-4-6-21(20)32-24-28-23(26)29-30(24)15-17-9-13-19(25)14-10-17/h3-14H,2,15H2,1H3,(H,27,31). The zero-order valence-corrected chi connectivity index (χ0v) is 19.6. The predicted molar refractivity (Wildman–Crippen MR) is 130 cm³/mol. The highest BCUT2D eigenvalue weighted by Gasteiger charge is 2.15. The molecule has 4 aromatic rings. The minimum absolute atomic E-state index is 0.165. The van der Waals surface area contributed by atoms with Gasteiger partial charge in [-0.3, -0.25) is 4.79 Å². The van der Waals surface area contributed by atoms with Crippen LogP contribution in [0.4, 0.5) is 5.69 Å². The molecule has 1 amide bonds. The van der Waals surface area contributed by atoms with Crippen LogP contribution in [0.15, 0.2) is 82.8 Å². The number of carbonyl (C=O) groups is 1. The van der Waals surface area contributed by atoms with Gasteiger partial charge in [-0.05, 0) is 77.3 Å². The summed E-state index contributed by atoms with van der Waals surface area (Å²) >= 11 is 13.5. The fraction of sp³-hybridized carbons (Fsp3) is 0.125. The first-order chi connectivity index (χ1) is 15.5. The van der Waals surface area contributed by atoms with Gasteiger partial charge in [0.2, 0.25) is 5.28 Å². The molecule has 3 aromatic carbocycles. The summed E-state index contributed by atoms with van der Waals surface area (Å²) in [4.78, 5) is 18.0. The number of halogens is 2. The average Bonchev–Trinajstić information content (AvgIpc) is 3.15. The smallest absolute Gasteiger partial charge is 0.255 e. The van der Waals surface area contributed by atoms with E-state index >= 15 is 0 Å². The maximum Gasteiger partial charge on any atom is 0.255 e. The van der Waals surface area contributed by atoms with E-state index in [0.29, 0.717) is 28.0 Å². The van der Waals surface area contributed by atoms with E-state index < -0.39 is 0 Å². The summed E-state index contributed by atoms with van der Waals surface area (Å²) in [7, 11) is 0. The van der Waals surface area contributed by atoms with Gasteiger partial charge in [0.25, 0.3) is 5.91 Å². The lowest BCUT2D eigenvalue weighted by molar-refractivity contribution is 0.102. The lowest BCUT2D eigenvalue weighted by atomic mass is 10.1. The summed E-state index contributed by atoms with van der Waals surface area (Å²) in [5, 5.41) is 8.78. The van der Waals surface area contributed by atoms with Gasteiger partial charge in [0.15, 0.2) is 5.16 Å². The Hall–Kier alpha value is -2.80. The molecule has 1 N–H and O–H groups in total. The van der Waals surface area contributed by atoms with Crippen LogP contribution in [-0.2, 0) is 13.0 Å². The van der Waals surface area contributed by atoms with Crippen molar-refractivity contribution >= 4 is 46.6 Å². The fourth-order valence-corrected chi connectivity index (χ4v) is 4.35. The number of hydrogen-bond acceptors (Lipinski definition) is 4. The highest BCUT2D eigenvalue weighted by atomic mass is 35.5. The molecule has 32 heavy (non-hydrogen) atoms. The van der Waals surface area contributed by atoms with Crippen LogP contribution in [0.1, 0.15) is 28.4 Å². The molecule has 0 saturated carbocycles. The van der Waals surface area contributed by atoms with Gasteiger partial charge in [0.05, 0.1) is 12.2 Å². The molecule has 8 heteroatoms. The van der Waals surface area contributed by atoms with Crippen LogP contribution in [0.25, 0.3) is 0 Å². The Kier molecular flexibility index (Phi) is 7.15. The van der Waals surface area contributed by atoms with Crippen molar-refractivity contribution in [3.63, 3.8) is 0 Å². The number of carbonyl (C=O) groups excluding carboxylic acids is 1. The number of para-hydroxylation sites is 1. The van der Waals surface area contributed by atoms with Gasteiger partial charge in [0.1, 0.15) is 0 Å². The molecule has 5 nitrogen and oxygen atoms in total. The third-order valence-corrected chi connectivity index (χ3v) is 6.29. The van der Waals surface area contributed by atoms with Crippen molar-refractivity contribution in [2.45, 2.75) is 29.9 Å². The van der Waals surface area contributed by atoms with Gasteiger partial charge in [-0.25, -0.2) is 4.68 Å². The topological polar surface area (TPSA) is 59.8 Å². The fourth-order valence-electron chi connectivity index (χ4n) is 3.09. The highest BCUT2D eigenvalue weighted by Crippen LogP contribution is 2.33. The minimum atomic E-state index is -0.165. The molecule has 0 atom stereocenters. The van der Waals surface area contributed by atoms with Crippen molar-refractivity contribution < 1.29 is 4.79 Å². The molecule has 0 aliphatic carbocycles. The van der Waals surface area contributed by atoms with Crippen LogP contribution in [0.2, 0.25) is 10.3 Å². The Morgan fingerprint density at radius 3 is 2.38 bits per heavy atom. The van der Waals surface area contributed by atoms with Gasteiger partial charge in [0, 0.05) is 15.5 Å². The Bertz CT molecular complexity index is 1220. The van der Waals surface area contributed by atoms with E-state index in [1.165, 1.54) is 17.3 Å². The molecule has 4 rings (SSSR count). The predicted octanol–water partition coefficient (Wildman–Crippen LogP) is 6.60. The van der Waals surface area contributed by atoms with Crippen molar-refractivity contribution in [1.82, 2.24) is 14.8 Å². The number of aromatic nitrogens is 3. The molecule has 1 heterocycles. The van der Waals surface area contributed by atoms with Crippen molar-refractivity contribution in [2.24, 2.45) is 0 Å². The minimum Gasteiger partial charge on any atom is -0.321 e. The highest BCUT2D eigenvalue weighted by molar-refractivity contribution is 7.99. The Balaban J connectivity index is 1.54. The lowest BCUT2D eigenvalue weighted by Crippen LogP contribution is -2.12. The maximum absolute atomic E-state index is 12.8. The molecule has 162 valence electrons. The molecule has 0 bridgehead atoms. The SMILES string of the molecule is CCc1ccc(C(=O)Nc2ccccc2Sc2nc(Cl)nn2Cc2ccc(Cl)cc2)cc1. The number of nitrogens with one attached hydrogen (secondary N) is 1. The third-order valence-electron chi connectivity index (χ3n) is 4.82. The van der Waals surface area contributed by atoms with Gasteiger partial charge in [-0.2, -0.15) is 4.98 Å². The summed E-state index contributed by atoms with van der Waals surface area (Å²) in [5.41, 5.74) is 3.51. The molecule has 0 aliphatic heterocycles. The van der Waals surface area contributed by atoms with Gasteiger partial charge < -0.3 is 5.32 Å². The van der Waals surface area contributed by atoms with Gasteiger partial charge in [-0.1, -0.05) is 54.9 Å². The van der Waals surface area contributed by atoms with E-state index in [2.05, 4.69) is 22.3 Å².